The molecule has 0 amide bonds. The van der Waals surface area contributed by atoms with E-state index in [1.807, 2.05) is 18.2 Å². The van der Waals surface area contributed by atoms with E-state index in [9.17, 15) is 8.76 Å². The van der Waals surface area contributed by atoms with E-state index in [0.717, 1.165) is 48.1 Å². The fourth-order valence-corrected chi connectivity index (χ4v) is 4.62. The molecule has 0 saturated carbocycles. The zero-order valence-corrected chi connectivity index (χ0v) is 18.7. The Labute approximate surface area is 194 Å². The molecule has 1 fully saturated rings. The monoisotopic (exact) mass is 460 g/mol. The first-order valence-electron chi connectivity index (χ1n) is 10.7. The lowest BCUT2D eigenvalue weighted by Gasteiger charge is -2.33. The van der Waals surface area contributed by atoms with Crippen LogP contribution in [0.25, 0.3) is 33.5 Å². The number of anilines is 2. The zero-order chi connectivity index (χ0) is 22.9. The maximum absolute atomic E-state index is 11.3. The molecular weight excluding hydrogens is 436 g/mol. The third-order valence-electron chi connectivity index (χ3n) is 5.92. The van der Waals surface area contributed by atoms with Crippen LogP contribution in [-0.2, 0) is 11.1 Å². The highest BCUT2D eigenvalue weighted by atomic mass is 32.2. The molecule has 1 aromatic carbocycles. The maximum Gasteiger partial charge on any atom is 0.186 e. The number of piperidine rings is 1. The number of benzene rings is 1. The third kappa shape index (κ3) is 4.30. The minimum atomic E-state index is -2.02. The Bertz CT molecular complexity index is 1340. The van der Waals surface area contributed by atoms with Crippen LogP contribution < -0.4 is 16.4 Å². The van der Waals surface area contributed by atoms with Gasteiger partial charge in [0.2, 0.25) is 0 Å². The molecule has 0 bridgehead atoms. The molecule has 1 aliphatic heterocycles. The second-order valence-electron chi connectivity index (χ2n) is 8.17. The van der Waals surface area contributed by atoms with Crippen LogP contribution in [0.3, 0.4) is 0 Å². The third-order valence-corrected chi connectivity index (χ3v) is 6.60. The summed E-state index contributed by atoms with van der Waals surface area (Å²) in [6.45, 7) is 1.76. The van der Waals surface area contributed by atoms with Crippen molar-refractivity contribution in [2.75, 3.05) is 23.7 Å². The van der Waals surface area contributed by atoms with Gasteiger partial charge in [0, 0.05) is 42.0 Å². The Morgan fingerprint density at radius 3 is 2.64 bits per heavy atom. The number of rotatable bonds is 4. The summed E-state index contributed by atoms with van der Waals surface area (Å²) in [5.41, 5.74) is 17.7. The highest BCUT2D eigenvalue weighted by molar-refractivity contribution is 7.79. The SMILES string of the molecule is Nc1ccc(-c2ccc(S(=O)O)cc2)nc1-c1cc2c(N3CCC[C@H](N)C3)ccnc2cn1. The van der Waals surface area contributed by atoms with Crippen LogP contribution in [-0.4, -0.2) is 42.8 Å². The van der Waals surface area contributed by atoms with Crippen LogP contribution >= 0.6 is 0 Å². The van der Waals surface area contributed by atoms with Gasteiger partial charge < -0.3 is 20.9 Å². The first-order chi connectivity index (χ1) is 16.0. The normalized spacial score (nSPS) is 17.3. The van der Waals surface area contributed by atoms with Gasteiger partial charge in [0.1, 0.15) is 5.69 Å². The van der Waals surface area contributed by atoms with Gasteiger partial charge in [0.25, 0.3) is 0 Å². The number of aromatic nitrogens is 3. The van der Waals surface area contributed by atoms with Crippen molar-refractivity contribution in [3.8, 4) is 22.6 Å². The van der Waals surface area contributed by atoms with Gasteiger partial charge in [-0.1, -0.05) is 12.1 Å². The summed E-state index contributed by atoms with van der Waals surface area (Å²) in [6.07, 6.45) is 5.64. The van der Waals surface area contributed by atoms with Gasteiger partial charge in [-0.15, -0.1) is 0 Å². The maximum atomic E-state index is 11.3. The molecule has 5 N–H and O–H groups in total. The molecule has 4 heterocycles. The fraction of sp³-hybridized carbons (Fsp3) is 0.208. The fourth-order valence-electron chi connectivity index (χ4n) is 4.25. The molecule has 2 atom stereocenters. The first-order valence-corrected chi connectivity index (χ1v) is 11.8. The van der Waals surface area contributed by atoms with Crippen molar-refractivity contribution in [1.82, 2.24) is 15.0 Å². The Morgan fingerprint density at radius 2 is 1.88 bits per heavy atom. The lowest BCUT2D eigenvalue weighted by atomic mass is 10.0. The van der Waals surface area contributed by atoms with Crippen molar-refractivity contribution in [3.63, 3.8) is 0 Å². The number of fused-ring (bicyclic) bond motifs is 1. The number of nitrogens with zero attached hydrogens (tertiary/aromatic N) is 4. The molecule has 9 heteroatoms. The summed E-state index contributed by atoms with van der Waals surface area (Å²) in [7, 11) is 0. The minimum absolute atomic E-state index is 0.159. The van der Waals surface area contributed by atoms with Gasteiger partial charge in [0.15, 0.2) is 11.1 Å². The van der Waals surface area contributed by atoms with Crippen LogP contribution in [0.5, 0.6) is 0 Å². The number of nitrogen functional groups attached to an aromatic ring is 1. The molecule has 0 aliphatic carbocycles. The molecule has 4 aromatic rings. The number of nitrogens with two attached hydrogens (primary N) is 2. The van der Waals surface area contributed by atoms with Gasteiger partial charge in [-0.05, 0) is 49.2 Å². The van der Waals surface area contributed by atoms with Gasteiger partial charge in [-0.2, -0.15) is 0 Å². The minimum Gasteiger partial charge on any atom is -0.397 e. The van der Waals surface area contributed by atoms with Crippen LogP contribution in [0.1, 0.15) is 12.8 Å². The largest absolute Gasteiger partial charge is 0.397 e. The van der Waals surface area contributed by atoms with E-state index < -0.39 is 11.1 Å². The molecule has 0 spiro atoms. The Kier molecular flexibility index (Phi) is 5.76. The zero-order valence-electron chi connectivity index (χ0n) is 17.9. The summed E-state index contributed by atoms with van der Waals surface area (Å²) < 4.78 is 20.5. The van der Waals surface area contributed by atoms with Crippen LogP contribution in [0.15, 0.2) is 65.8 Å². The van der Waals surface area contributed by atoms with Crippen molar-refractivity contribution >= 4 is 33.4 Å². The summed E-state index contributed by atoms with van der Waals surface area (Å²) in [5, 5.41) is 0.984. The van der Waals surface area contributed by atoms with E-state index in [1.165, 1.54) is 0 Å². The van der Waals surface area contributed by atoms with Crippen LogP contribution in [0.4, 0.5) is 11.4 Å². The predicted octanol–water partition coefficient (Wildman–Crippen LogP) is 3.45. The number of hydrogen-bond acceptors (Lipinski definition) is 7. The van der Waals surface area contributed by atoms with Crippen molar-refractivity contribution in [1.29, 1.82) is 0 Å². The number of hydrogen-bond donors (Lipinski definition) is 3. The van der Waals surface area contributed by atoms with Crippen molar-refractivity contribution < 1.29 is 8.76 Å². The molecule has 3 aromatic heterocycles. The first kappa shape index (κ1) is 21.4. The van der Waals surface area contributed by atoms with E-state index in [4.69, 9.17) is 16.5 Å². The van der Waals surface area contributed by atoms with Gasteiger partial charge in [0.05, 0.1) is 33.7 Å². The lowest BCUT2D eigenvalue weighted by Crippen LogP contribution is -2.42. The Hall–Kier alpha value is -3.40. The molecule has 1 saturated heterocycles. The lowest BCUT2D eigenvalue weighted by molar-refractivity contribution is 0.507. The average molecular weight is 461 g/mol. The topological polar surface area (TPSA) is 131 Å². The van der Waals surface area contributed by atoms with E-state index in [2.05, 4.69) is 14.9 Å². The van der Waals surface area contributed by atoms with E-state index in [0.29, 0.717) is 27.7 Å². The van der Waals surface area contributed by atoms with Crippen LogP contribution in [0, 0.1) is 0 Å². The van der Waals surface area contributed by atoms with Crippen molar-refractivity contribution in [3.05, 3.63) is 60.9 Å². The van der Waals surface area contributed by atoms with Gasteiger partial charge >= 0.3 is 0 Å². The predicted molar refractivity (Wildman–Crippen MR) is 131 cm³/mol. The van der Waals surface area contributed by atoms with E-state index >= 15 is 0 Å². The molecule has 168 valence electrons. The molecule has 1 aliphatic rings. The standard InChI is InChI=1S/C24H24N6O2S/c25-16-2-1-11-30(14-16)23-9-10-27-22-13-28-21(12-18(22)23)24-19(26)7-8-20(29-24)15-3-5-17(6-4-15)33(31)32/h3-10,12-13,16H,1-2,11,14,25-26H2,(H,31,32)/t16-/m0/s1. The molecule has 1 unspecified atom stereocenters. The summed E-state index contributed by atoms with van der Waals surface area (Å²) >= 11 is -2.02. The molecule has 33 heavy (non-hydrogen) atoms. The smallest absolute Gasteiger partial charge is 0.186 e. The quantitative estimate of drug-likeness (QED) is 0.395. The summed E-state index contributed by atoms with van der Waals surface area (Å²) in [6, 6.07) is 14.5. The highest BCUT2D eigenvalue weighted by Crippen LogP contribution is 2.32. The van der Waals surface area contributed by atoms with Gasteiger partial charge in [-0.25, -0.2) is 9.19 Å². The van der Waals surface area contributed by atoms with E-state index in [1.54, 1.807) is 42.7 Å². The van der Waals surface area contributed by atoms with Crippen LogP contribution in [0.2, 0.25) is 0 Å². The highest BCUT2D eigenvalue weighted by Gasteiger charge is 2.20. The van der Waals surface area contributed by atoms with Crippen molar-refractivity contribution in [2.45, 2.75) is 23.8 Å². The summed E-state index contributed by atoms with van der Waals surface area (Å²) in [4.78, 5) is 16.5. The molecule has 0 radical (unpaired) electrons. The van der Waals surface area contributed by atoms with E-state index in [-0.39, 0.29) is 6.04 Å². The summed E-state index contributed by atoms with van der Waals surface area (Å²) in [5.74, 6) is 0. The molecule has 5 rings (SSSR count). The number of pyridine rings is 3. The Morgan fingerprint density at radius 1 is 1.06 bits per heavy atom. The second kappa shape index (κ2) is 8.86. The van der Waals surface area contributed by atoms with Crippen molar-refractivity contribution in [2.24, 2.45) is 5.73 Å². The molecular formula is C24H24N6O2S. The molecule has 8 nitrogen and oxygen atoms in total. The van der Waals surface area contributed by atoms with Gasteiger partial charge in [-0.3, -0.25) is 9.97 Å². The average Bonchev–Trinajstić information content (AvgIpc) is 2.84. The Balaban J connectivity index is 1.57. The second-order valence-corrected chi connectivity index (χ2v) is 9.14.